The van der Waals surface area contributed by atoms with E-state index in [0.717, 1.165) is 17.7 Å². The fourth-order valence-electron chi connectivity index (χ4n) is 2.78. The predicted octanol–water partition coefficient (Wildman–Crippen LogP) is 4.02. The van der Waals surface area contributed by atoms with Crippen LogP contribution < -0.4 is 10.7 Å². The number of hydrogen-bond donors (Lipinski definition) is 1. The van der Waals surface area contributed by atoms with Crippen LogP contribution in [-0.2, 0) is 21.2 Å². The zero-order chi connectivity index (χ0) is 22.9. The van der Waals surface area contributed by atoms with Crippen molar-refractivity contribution in [2.75, 3.05) is 11.9 Å². The number of aromatic nitrogens is 2. The summed E-state index contributed by atoms with van der Waals surface area (Å²) in [5.41, 5.74) is -1.34. The molecule has 3 aromatic rings. The number of rotatable bonds is 6. The van der Waals surface area contributed by atoms with Gasteiger partial charge in [-0.3, -0.25) is 14.2 Å². The number of benzene rings is 1. The molecule has 1 aromatic carbocycles. The molecule has 31 heavy (non-hydrogen) atoms. The number of anilines is 1. The Kier molecular flexibility index (Phi) is 6.58. The van der Waals surface area contributed by atoms with E-state index in [1.54, 1.807) is 6.92 Å². The molecule has 1 amide bonds. The first-order valence-corrected chi connectivity index (χ1v) is 9.13. The van der Waals surface area contributed by atoms with Crippen LogP contribution in [0.2, 0.25) is 5.02 Å². The lowest BCUT2D eigenvalue weighted by Crippen LogP contribution is -2.19. The second kappa shape index (κ2) is 9.00. The van der Waals surface area contributed by atoms with Gasteiger partial charge in [0.2, 0.25) is 5.91 Å². The lowest BCUT2D eigenvalue weighted by atomic mass is 10.1. The highest BCUT2D eigenvalue weighted by Crippen LogP contribution is 2.30. The molecule has 0 aliphatic rings. The van der Waals surface area contributed by atoms with Gasteiger partial charge in [0, 0.05) is 24.8 Å². The number of fused-ring (bicyclic) bond motifs is 1. The van der Waals surface area contributed by atoms with Gasteiger partial charge in [-0.2, -0.15) is 0 Å². The van der Waals surface area contributed by atoms with Crippen LogP contribution in [0.3, 0.4) is 0 Å². The molecule has 0 atom stereocenters. The Morgan fingerprint density at radius 2 is 1.87 bits per heavy atom. The second-order valence-electron chi connectivity index (χ2n) is 6.21. The minimum Gasteiger partial charge on any atom is -0.308 e. The van der Waals surface area contributed by atoms with E-state index in [9.17, 15) is 27.2 Å². The molecule has 7 nitrogen and oxygen atoms in total. The van der Waals surface area contributed by atoms with Gasteiger partial charge in [0.05, 0.1) is 17.5 Å². The van der Waals surface area contributed by atoms with Crippen molar-refractivity contribution >= 4 is 34.2 Å². The second-order valence-corrected chi connectivity index (χ2v) is 6.59. The van der Waals surface area contributed by atoms with Gasteiger partial charge in [-0.25, -0.2) is 32.3 Å². The van der Waals surface area contributed by atoms with Gasteiger partial charge in [0.15, 0.2) is 40.3 Å². The minimum absolute atomic E-state index is 0.144. The molecule has 0 fully saturated rings. The summed E-state index contributed by atoms with van der Waals surface area (Å²) in [6.45, 7) is 2.43. The fraction of sp³-hybridized carbons (Fsp3) is 0.211. The van der Waals surface area contributed by atoms with Crippen molar-refractivity contribution in [3.63, 3.8) is 0 Å². The Hall–Kier alpha value is -3.02. The van der Waals surface area contributed by atoms with Crippen LogP contribution >= 0.6 is 11.6 Å². The first kappa shape index (κ1) is 22.7. The number of pyridine rings is 2. The highest BCUT2D eigenvalue weighted by atomic mass is 35.5. The lowest BCUT2D eigenvalue weighted by Gasteiger charge is -2.16. The number of nitrogens with zero attached hydrogens (tertiary/aromatic N) is 2. The Morgan fingerprint density at radius 1 is 1.16 bits per heavy atom. The first-order valence-electron chi connectivity index (χ1n) is 8.75. The van der Waals surface area contributed by atoms with E-state index < -0.39 is 68.8 Å². The standard InChI is InChI=1S/C19H14ClF4N3O4/c1-3-30-31-7-9-6-27(16-10(17(9)29)4-11(21)15(24)14(16)20)19-13(23)5-12(22)18(26-19)25-8(2)28/h4-6H,3,7H2,1-2H3,(H,25,26,28). The number of carbonyl (C=O) groups excluding carboxylic acids is 1. The van der Waals surface area contributed by atoms with Gasteiger partial charge in [0.1, 0.15) is 11.6 Å². The van der Waals surface area contributed by atoms with Crippen molar-refractivity contribution in [3.8, 4) is 5.82 Å². The third-order valence-corrected chi connectivity index (χ3v) is 4.39. The van der Waals surface area contributed by atoms with E-state index in [-0.39, 0.29) is 12.2 Å². The number of carbonyl (C=O) groups is 1. The molecule has 1 N–H and O–H groups in total. The first-order chi connectivity index (χ1) is 14.6. The van der Waals surface area contributed by atoms with E-state index in [2.05, 4.69) is 10.3 Å². The summed E-state index contributed by atoms with van der Waals surface area (Å²) in [7, 11) is 0. The summed E-state index contributed by atoms with van der Waals surface area (Å²) < 4.78 is 57.6. The summed E-state index contributed by atoms with van der Waals surface area (Å²) >= 11 is 5.92. The largest absolute Gasteiger partial charge is 0.308 e. The Labute approximate surface area is 177 Å². The zero-order valence-corrected chi connectivity index (χ0v) is 16.8. The van der Waals surface area contributed by atoms with Crippen molar-refractivity contribution in [2.24, 2.45) is 0 Å². The Bertz CT molecular complexity index is 1250. The number of hydrogen-bond acceptors (Lipinski definition) is 5. The van der Waals surface area contributed by atoms with Gasteiger partial charge in [0.25, 0.3) is 0 Å². The molecule has 0 bridgehead atoms. The van der Waals surface area contributed by atoms with Crippen LogP contribution in [0.15, 0.2) is 23.1 Å². The van der Waals surface area contributed by atoms with Gasteiger partial charge >= 0.3 is 0 Å². The number of halogens is 5. The van der Waals surface area contributed by atoms with E-state index in [4.69, 9.17) is 21.4 Å². The molecule has 0 aliphatic heterocycles. The van der Waals surface area contributed by atoms with Crippen molar-refractivity contribution in [3.05, 3.63) is 62.4 Å². The number of amides is 1. The molecule has 0 saturated carbocycles. The SMILES string of the molecule is CCOOCc1cn(-c2nc(NC(C)=O)c(F)cc2F)c2c(Cl)c(F)c(F)cc2c1=O. The third kappa shape index (κ3) is 4.38. The summed E-state index contributed by atoms with van der Waals surface area (Å²) in [6, 6.07) is 1.03. The molecule has 3 rings (SSSR count). The molecular weight excluding hydrogens is 446 g/mol. The van der Waals surface area contributed by atoms with Crippen molar-refractivity contribution in [1.82, 2.24) is 9.55 Å². The summed E-state index contributed by atoms with van der Waals surface area (Å²) in [6.07, 6.45) is 1.02. The monoisotopic (exact) mass is 459 g/mol. The Morgan fingerprint density at radius 3 is 2.52 bits per heavy atom. The molecule has 0 saturated heterocycles. The quantitative estimate of drug-likeness (QED) is 0.198. The van der Waals surface area contributed by atoms with Crippen molar-refractivity contribution in [2.45, 2.75) is 20.5 Å². The van der Waals surface area contributed by atoms with E-state index in [1.807, 2.05) is 0 Å². The summed E-state index contributed by atoms with van der Waals surface area (Å²) in [4.78, 5) is 37.3. The maximum Gasteiger partial charge on any atom is 0.222 e. The maximum atomic E-state index is 14.7. The van der Waals surface area contributed by atoms with Crippen LogP contribution in [0.25, 0.3) is 16.7 Å². The average molecular weight is 460 g/mol. The van der Waals surface area contributed by atoms with Crippen LogP contribution in [0.5, 0.6) is 0 Å². The van der Waals surface area contributed by atoms with E-state index in [1.165, 1.54) is 0 Å². The molecule has 0 aliphatic carbocycles. The highest BCUT2D eigenvalue weighted by molar-refractivity contribution is 6.35. The topological polar surface area (TPSA) is 82.4 Å². The molecule has 2 heterocycles. The average Bonchev–Trinajstić information content (AvgIpc) is 2.70. The van der Waals surface area contributed by atoms with Crippen LogP contribution in [0, 0.1) is 23.3 Å². The minimum atomic E-state index is -1.48. The lowest BCUT2D eigenvalue weighted by molar-refractivity contribution is -0.300. The summed E-state index contributed by atoms with van der Waals surface area (Å²) in [5.74, 6) is -7.24. The van der Waals surface area contributed by atoms with Gasteiger partial charge < -0.3 is 5.32 Å². The number of nitrogens with one attached hydrogen (secondary N) is 1. The predicted molar refractivity (Wildman–Crippen MR) is 103 cm³/mol. The third-order valence-electron chi connectivity index (χ3n) is 4.05. The fourth-order valence-corrected chi connectivity index (χ4v) is 3.07. The molecule has 12 heteroatoms. The van der Waals surface area contributed by atoms with Gasteiger partial charge in [-0.15, -0.1) is 0 Å². The highest BCUT2D eigenvalue weighted by Gasteiger charge is 2.23. The molecule has 0 unspecified atom stereocenters. The van der Waals surface area contributed by atoms with Crippen LogP contribution in [0.4, 0.5) is 23.4 Å². The normalized spacial score (nSPS) is 11.2. The zero-order valence-electron chi connectivity index (χ0n) is 16.1. The molecule has 0 spiro atoms. The summed E-state index contributed by atoms with van der Waals surface area (Å²) in [5, 5.41) is 0.851. The van der Waals surface area contributed by atoms with E-state index >= 15 is 0 Å². The molecule has 2 aromatic heterocycles. The maximum absolute atomic E-state index is 14.7. The van der Waals surface area contributed by atoms with E-state index in [0.29, 0.717) is 12.1 Å². The molecule has 164 valence electrons. The Balaban J connectivity index is 2.38. The smallest absolute Gasteiger partial charge is 0.222 e. The van der Waals surface area contributed by atoms with Crippen molar-refractivity contribution < 1.29 is 32.1 Å². The van der Waals surface area contributed by atoms with Gasteiger partial charge in [-0.05, 0) is 13.0 Å². The van der Waals surface area contributed by atoms with Crippen molar-refractivity contribution in [1.29, 1.82) is 0 Å². The van der Waals surface area contributed by atoms with Crippen LogP contribution in [-0.4, -0.2) is 22.1 Å². The molecular formula is C19H14ClF4N3O4. The van der Waals surface area contributed by atoms with Crippen LogP contribution in [0.1, 0.15) is 19.4 Å². The molecule has 0 radical (unpaired) electrons. The van der Waals surface area contributed by atoms with Gasteiger partial charge in [-0.1, -0.05) is 11.6 Å².